The van der Waals surface area contributed by atoms with Crippen LogP contribution in [0.3, 0.4) is 0 Å². The molecule has 0 aliphatic carbocycles. The van der Waals surface area contributed by atoms with E-state index in [2.05, 4.69) is 23.9 Å². The van der Waals surface area contributed by atoms with Crippen LogP contribution in [0.15, 0.2) is 0 Å². The first-order chi connectivity index (χ1) is 5.05. The second-order valence-corrected chi connectivity index (χ2v) is 4.68. The number of esters is 1. The van der Waals surface area contributed by atoms with E-state index in [-0.39, 0.29) is 23.0 Å². The second kappa shape index (κ2) is 4.11. The lowest BCUT2D eigenvalue weighted by atomic mass is 10.3. The minimum atomic E-state index is -0.164. The van der Waals surface area contributed by atoms with Crippen LogP contribution in [0.1, 0.15) is 13.8 Å². The van der Waals surface area contributed by atoms with Crippen LogP contribution >= 0.6 is 11.8 Å². The summed E-state index contributed by atoms with van der Waals surface area (Å²) in [5.41, 5.74) is 0. The molecule has 1 unspecified atom stereocenters. The van der Waals surface area contributed by atoms with E-state index >= 15 is 0 Å². The topological polar surface area (TPSA) is 73.3 Å². The highest BCUT2D eigenvalue weighted by Crippen LogP contribution is 2.29. The van der Waals surface area contributed by atoms with Gasteiger partial charge in [-0.3, -0.25) is 10.1 Å². The molecule has 0 bridgehead atoms. The van der Waals surface area contributed by atoms with Gasteiger partial charge < -0.3 is 10.9 Å². The summed E-state index contributed by atoms with van der Waals surface area (Å²) >= 11 is 1.74. The van der Waals surface area contributed by atoms with Gasteiger partial charge in [-0.05, 0) is 13.8 Å². The van der Waals surface area contributed by atoms with Crippen LogP contribution in [0.25, 0.3) is 0 Å². The van der Waals surface area contributed by atoms with Gasteiger partial charge in [0.25, 0.3) is 0 Å². The summed E-state index contributed by atoms with van der Waals surface area (Å²) in [6.07, 6.45) is 0. The number of carbonyl (C=O) groups excluding carboxylic acids is 1. The zero-order valence-electron chi connectivity index (χ0n) is 7.72. The van der Waals surface area contributed by atoms with E-state index in [9.17, 15) is 4.79 Å². The molecule has 12 heavy (non-hydrogen) atoms. The highest BCUT2D eigenvalue weighted by molar-refractivity contribution is 8.00. The van der Waals surface area contributed by atoms with Crippen LogP contribution in [0.4, 0.5) is 0 Å². The number of carbonyl (C=O) groups is 1. The van der Waals surface area contributed by atoms with Crippen molar-refractivity contribution >= 4 is 17.7 Å². The van der Waals surface area contributed by atoms with Crippen molar-refractivity contribution in [3.8, 4) is 0 Å². The molecule has 0 saturated carbocycles. The fraction of sp³-hybridized carbons (Fsp3) is 0.857. The van der Waals surface area contributed by atoms with Gasteiger partial charge in [0, 0.05) is 5.75 Å². The Hall–Kier alpha value is -0.260. The normalized spacial score (nSPS) is 26.1. The molecule has 0 aromatic carbocycles. The van der Waals surface area contributed by atoms with E-state index in [1.54, 1.807) is 11.8 Å². The Morgan fingerprint density at radius 1 is 1.67 bits per heavy atom. The van der Waals surface area contributed by atoms with Gasteiger partial charge in [0.05, 0.1) is 12.0 Å². The number of hydrogen-bond acceptors (Lipinski definition) is 5. The molecule has 4 nitrogen and oxygen atoms in total. The van der Waals surface area contributed by atoms with Crippen molar-refractivity contribution in [2.45, 2.75) is 24.8 Å². The fourth-order valence-electron chi connectivity index (χ4n) is 1.06. The minimum absolute atomic E-state index is 0. The third-order valence-electron chi connectivity index (χ3n) is 1.62. The van der Waals surface area contributed by atoms with Gasteiger partial charge >= 0.3 is 5.97 Å². The number of ether oxygens (including phenoxy) is 1. The molecule has 0 aromatic rings. The lowest BCUT2D eigenvalue weighted by molar-refractivity contribution is -0.142. The lowest BCUT2D eigenvalue weighted by Gasteiger charge is -2.17. The maximum atomic E-state index is 11.0. The smallest absolute Gasteiger partial charge is 0.323 e. The van der Waals surface area contributed by atoms with E-state index in [0.717, 1.165) is 5.75 Å². The van der Waals surface area contributed by atoms with Crippen LogP contribution in [0, 0.1) is 0 Å². The molecule has 1 atom stereocenters. The molecule has 0 spiro atoms. The first kappa shape index (κ1) is 11.7. The molecule has 4 N–H and O–H groups in total. The first-order valence-corrected chi connectivity index (χ1v) is 4.53. The number of nitrogens with one attached hydrogen (secondary N) is 1. The number of hydrogen-bond donors (Lipinski definition) is 2. The Morgan fingerprint density at radius 3 is 2.58 bits per heavy atom. The Kier molecular flexibility index (Phi) is 4.02. The van der Waals surface area contributed by atoms with Crippen molar-refractivity contribution in [3.63, 3.8) is 0 Å². The number of rotatable bonds is 1. The van der Waals surface area contributed by atoms with Crippen LogP contribution in [-0.4, -0.2) is 29.7 Å². The summed E-state index contributed by atoms with van der Waals surface area (Å²) in [6.45, 7) is 4.11. The van der Waals surface area contributed by atoms with E-state index in [1.807, 2.05) is 0 Å². The molecule has 5 heteroatoms. The lowest BCUT2D eigenvalue weighted by Crippen LogP contribution is -2.41. The Labute approximate surface area is 77.0 Å². The zero-order valence-corrected chi connectivity index (χ0v) is 8.53. The van der Waals surface area contributed by atoms with Crippen LogP contribution in [0.2, 0.25) is 0 Å². The molecule has 1 heterocycles. The molecule has 0 aromatic heterocycles. The maximum absolute atomic E-state index is 11.0. The summed E-state index contributed by atoms with van der Waals surface area (Å²) in [4.78, 5) is 11.0. The van der Waals surface area contributed by atoms with Crippen molar-refractivity contribution < 1.29 is 9.53 Å². The van der Waals surface area contributed by atoms with Gasteiger partial charge in [-0.15, -0.1) is 11.8 Å². The third kappa shape index (κ3) is 2.66. The fourth-order valence-corrected chi connectivity index (χ4v) is 2.09. The Bertz CT molecular complexity index is 173. The quantitative estimate of drug-likeness (QED) is 0.600. The Morgan fingerprint density at radius 2 is 2.25 bits per heavy atom. The minimum Gasteiger partial charge on any atom is -0.468 e. The van der Waals surface area contributed by atoms with Crippen molar-refractivity contribution in [2.75, 3.05) is 12.9 Å². The molecule has 1 rings (SSSR count). The predicted molar refractivity (Wildman–Crippen MR) is 50.5 cm³/mol. The largest absolute Gasteiger partial charge is 0.468 e. The summed E-state index contributed by atoms with van der Waals surface area (Å²) < 4.78 is 4.61. The number of thioether (sulfide) groups is 1. The van der Waals surface area contributed by atoms with E-state index in [0.29, 0.717) is 0 Å². The molecule has 72 valence electrons. The van der Waals surface area contributed by atoms with Gasteiger partial charge in [0.15, 0.2) is 0 Å². The standard InChI is InChI=1S/C7H13NO2S.H3N/c1-7(2)8-5(4-11-7)6(9)10-3;/h5,8H,4H2,1-3H3;1H3. The van der Waals surface area contributed by atoms with Gasteiger partial charge in [-0.1, -0.05) is 0 Å². The van der Waals surface area contributed by atoms with Gasteiger partial charge in [0.2, 0.25) is 0 Å². The van der Waals surface area contributed by atoms with Crippen LogP contribution < -0.4 is 11.5 Å². The molecular formula is C7H16N2O2S. The summed E-state index contributed by atoms with van der Waals surface area (Å²) in [7, 11) is 1.42. The molecule has 1 aliphatic rings. The van der Waals surface area contributed by atoms with Crippen molar-refractivity contribution in [1.82, 2.24) is 11.5 Å². The molecule has 1 fully saturated rings. The van der Waals surface area contributed by atoms with E-state index < -0.39 is 0 Å². The molecule has 0 amide bonds. The summed E-state index contributed by atoms with van der Waals surface area (Å²) in [6, 6.07) is -0.125. The molecular weight excluding hydrogens is 176 g/mol. The highest BCUT2D eigenvalue weighted by atomic mass is 32.2. The van der Waals surface area contributed by atoms with Crippen LogP contribution in [-0.2, 0) is 9.53 Å². The molecule has 1 aliphatic heterocycles. The highest BCUT2D eigenvalue weighted by Gasteiger charge is 2.35. The van der Waals surface area contributed by atoms with Gasteiger partial charge in [0.1, 0.15) is 6.04 Å². The van der Waals surface area contributed by atoms with Gasteiger partial charge in [-0.2, -0.15) is 0 Å². The van der Waals surface area contributed by atoms with Crippen molar-refractivity contribution in [3.05, 3.63) is 0 Å². The number of methoxy groups -OCH3 is 1. The SMILES string of the molecule is COC(=O)C1CSC(C)(C)N1.N. The Balaban J connectivity index is 0.00000121. The molecule has 0 radical (unpaired) electrons. The monoisotopic (exact) mass is 192 g/mol. The summed E-state index contributed by atoms with van der Waals surface area (Å²) in [5.74, 6) is 0.641. The van der Waals surface area contributed by atoms with Crippen molar-refractivity contribution in [1.29, 1.82) is 0 Å². The van der Waals surface area contributed by atoms with E-state index in [1.165, 1.54) is 7.11 Å². The van der Waals surface area contributed by atoms with Gasteiger partial charge in [-0.25, -0.2) is 0 Å². The van der Waals surface area contributed by atoms with E-state index in [4.69, 9.17) is 0 Å². The average molecular weight is 192 g/mol. The van der Waals surface area contributed by atoms with Crippen LogP contribution in [0.5, 0.6) is 0 Å². The first-order valence-electron chi connectivity index (χ1n) is 3.54. The third-order valence-corrected chi connectivity index (χ3v) is 2.96. The molecule has 1 saturated heterocycles. The predicted octanol–water partition coefficient (Wildman–Crippen LogP) is 0.762. The average Bonchev–Trinajstić information content (AvgIpc) is 2.29. The second-order valence-electron chi connectivity index (χ2n) is 3.04. The maximum Gasteiger partial charge on any atom is 0.323 e. The van der Waals surface area contributed by atoms with Crippen molar-refractivity contribution in [2.24, 2.45) is 0 Å². The zero-order chi connectivity index (χ0) is 8.48. The summed E-state index contributed by atoms with van der Waals surface area (Å²) in [5, 5.41) is 3.17.